The average Bonchev–Trinajstić information content (AvgIpc) is 3.10. The van der Waals surface area contributed by atoms with E-state index in [-0.39, 0.29) is 0 Å². The second-order valence-electron chi connectivity index (χ2n) is 16.1. The molecule has 48 heavy (non-hydrogen) atoms. The van der Waals surface area contributed by atoms with Crippen LogP contribution in [-0.4, -0.2) is 0 Å². The first-order chi connectivity index (χ1) is 23.8. The summed E-state index contributed by atoms with van der Waals surface area (Å²) in [4.78, 5) is 0. The predicted molar refractivity (Wildman–Crippen MR) is 226 cm³/mol. The molecule has 0 amide bonds. The van der Waals surface area contributed by atoms with Crippen LogP contribution < -0.4 is 0 Å². The van der Waals surface area contributed by atoms with Crippen molar-refractivity contribution < 1.29 is 0 Å². The molecule has 0 aliphatic carbocycles. The van der Waals surface area contributed by atoms with Crippen LogP contribution in [0.25, 0.3) is 0 Å². The summed E-state index contributed by atoms with van der Waals surface area (Å²) in [6, 6.07) is 0. The third-order valence-corrected chi connectivity index (χ3v) is 10.9. The van der Waals surface area contributed by atoms with Crippen LogP contribution in [0.4, 0.5) is 0 Å². The summed E-state index contributed by atoms with van der Waals surface area (Å²) in [7, 11) is 0. The maximum Gasteiger partial charge on any atom is -0.0533 e. The highest BCUT2D eigenvalue weighted by atomic mass is 14.0. The Bertz CT molecular complexity index is 392. The van der Waals surface area contributed by atoms with Crippen molar-refractivity contribution in [3.05, 3.63) is 0 Å². The van der Waals surface area contributed by atoms with E-state index in [0.717, 1.165) is 0 Å². The maximum absolute atomic E-state index is 2.30. The summed E-state index contributed by atoms with van der Waals surface area (Å²) in [6.07, 6.45) is 64.8. The van der Waals surface area contributed by atoms with Gasteiger partial charge in [0.1, 0.15) is 0 Å². The molecule has 0 aromatic rings. The Morgan fingerprint density at radius 1 is 0.104 bits per heavy atom. The first kappa shape index (κ1) is 50.1. The molecule has 0 unspecified atom stereocenters. The molecule has 0 heterocycles. The van der Waals surface area contributed by atoms with E-state index in [1.54, 1.807) is 0 Å². The number of hydrogen-bond donors (Lipinski definition) is 0. The van der Waals surface area contributed by atoms with Crippen molar-refractivity contribution in [3.63, 3.8) is 0 Å². The SMILES string of the molecule is CCCCCCCCCCCCCCCCCCCCCCCC.CCCCCCCCCCCCCCCCCCCCCCCC. The van der Waals surface area contributed by atoms with Gasteiger partial charge in [-0.1, -0.05) is 310 Å². The minimum absolute atomic E-state index is 1.37. The molecule has 0 N–H and O–H groups in total. The third-order valence-electron chi connectivity index (χ3n) is 10.9. The normalized spacial score (nSPS) is 11.2. The summed E-state index contributed by atoms with van der Waals surface area (Å²) in [5, 5.41) is 0. The summed E-state index contributed by atoms with van der Waals surface area (Å²) in [6.45, 7) is 9.20. The van der Waals surface area contributed by atoms with Crippen molar-refractivity contribution >= 4 is 0 Å². The summed E-state index contributed by atoms with van der Waals surface area (Å²) in [5.74, 6) is 0. The topological polar surface area (TPSA) is 0 Å². The molecule has 0 rings (SSSR count). The number of hydrogen-bond acceptors (Lipinski definition) is 0. The van der Waals surface area contributed by atoms with Gasteiger partial charge in [-0.15, -0.1) is 0 Å². The fourth-order valence-electron chi connectivity index (χ4n) is 7.36. The first-order valence-electron chi connectivity index (χ1n) is 23.8. The highest BCUT2D eigenvalue weighted by molar-refractivity contribution is 4.53. The molecule has 0 saturated carbocycles. The van der Waals surface area contributed by atoms with Gasteiger partial charge in [0.2, 0.25) is 0 Å². The van der Waals surface area contributed by atoms with Crippen molar-refractivity contribution in [2.45, 2.75) is 310 Å². The number of rotatable bonds is 42. The van der Waals surface area contributed by atoms with Crippen LogP contribution in [0.15, 0.2) is 0 Å². The van der Waals surface area contributed by atoms with Crippen LogP contribution >= 0.6 is 0 Å². The zero-order valence-electron chi connectivity index (χ0n) is 35.1. The van der Waals surface area contributed by atoms with Gasteiger partial charge in [0, 0.05) is 0 Å². The van der Waals surface area contributed by atoms with Crippen molar-refractivity contribution in [3.8, 4) is 0 Å². The van der Waals surface area contributed by atoms with Gasteiger partial charge < -0.3 is 0 Å². The molecule has 0 spiro atoms. The Kier molecular flexibility index (Phi) is 53.6. The van der Waals surface area contributed by atoms with Gasteiger partial charge >= 0.3 is 0 Å². The lowest BCUT2D eigenvalue weighted by Gasteiger charge is -2.04. The zero-order chi connectivity index (χ0) is 35.1. The van der Waals surface area contributed by atoms with Crippen molar-refractivity contribution in [2.75, 3.05) is 0 Å². The molecule has 0 aliphatic rings. The van der Waals surface area contributed by atoms with Gasteiger partial charge in [0.05, 0.1) is 0 Å². The standard InChI is InChI=1S/2C24H50/c2*1-3-5-7-9-11-13-15-17-19-21-23-24-22-20-18-16-14-12-10-8-6-4-2/h2*3-24H2,1-2H3. The molecule has 0 nitrogen and oxygen atoms in total. The molecule has 0 heteroatoms. The van der Waals surface area contributed by atoms with E-state index >= 15 is 0 Å². The van der Waals surface area contributed by atoms with Gasteiger partial charge in [0.15, 0.2) is 0 Å². The van der Waals surface area contributed by atoms with E-state index in [9.17, 15) is 0 Å². The molecule has 292 valence electrons. The summed E-state index contributed by atoms with van der Waals surface area (Å²) < 4.78 is 0. The first-order valence-corrected chi connectivity index (χ1v) is 23.8. The van der Waals surface area contributed by atoms with E-state index < -0.39 is 0 Å². The van der Waals surface area contributed by atoms with Crippen LogP contribution in [0.3, 0.4) is 0 Å². The molecular weight excluding hydrogens is 577 g/mol. The van der Waals surface area contributed by atoms with E-state index in [4.69, 9.17) is 0 Å². The average molecular weight is 677 g/mol. The van der Waals surface area contributed by atoms with Crippen LogP contribution in [0, 0.1) is 0 Å². The molecule has 0 atom stereocenters. The van der Waals surface area contributed by atoms with E-state index in [0.29, 0.717) is 0 Å². The lowest BCUT2D eigenvalue weighted by atomic mass is 10.0. The van der Waals surface area contributed by atoms with Gasteiger partial charge in [-0.05, 0) is 0 Å². The van der Waals surface area contributed by atoms with Crippen molar-refractivity contribution in [2.24, 2.45) is 0 Å². The molecule has 0 fully saturated rings. The maximum atomic E-state index is 2.30. The Labute approximate surface area is 309 Å². The third kappa shape index (κ3) is 52.8. The van der Waals surface area contributed by atoms with Gasteiger partial charge in [-0.3, -0.25) is 0 Å². The lowest BCUT2D eigenvalue weighted by molar-refractivity contribution is 0.520. The molecule has 0 aromatic carbocycles. The van der Waals surface area contributed by atoms with Crippen LogP contribution in [-0.2, 0) is 0 Å². The van der Waals surface area contributed by atoms with Crippen molar-refractivity contribution in [1.29, 1.82) is 0 Å². The highest BCUT2D eigenvalue weighted by Crippen LogP contribution is 2.17. The molecular formula is C48H100. The smallest absolute Gasteiger partial charge is 0.0533 e. The predicted octanol–water partition coefficient (Wildman–Crippen LogP) is 19.2. The molecule has 0 bridgehead atoms. The van der Waals surface area contributed by atoms with E-state index in [2.05, 4.69) is 27.7 Å². The molecule has 0 aromatic heterocycles. The second-order valence-corrected chi connectivity index (χ2v) is 16.1. The summed E-state index contributed by atoms with van der Waals surface area (Å²) in [5.41, 5.74) is 0. The Hall–Kier alpha value is 0. The van der Waals surface area contributed by atoms with Gasteiger partial charge in [-0.25, -0.2) is 0 Å². The molecule has 0 aliphatic heterocycles. The summed E-state index contributed by atoms with van der Waals surface area (Å²) >= 11 is 0. The number of unbranched alkanes of at least 4 members (excludes halogenated alkanes) is 42. The zero-order valence-corrected chi connectivity index (χ0v) is 35.1. The highest BCUT2D eigenvalue weighted by Gasteiger charge is 1.97. The Morgan fingerprint density at radius 3 is 0.229 bits per heavy atom. The fraction of sp³-hybridized carbons (Fsp3) is 1.00. The molecule has 0 saturated heterocycles. The quantitative estimate of drug-likeness (QED) is 0.0565. The van der Waals surface area contributed by atoms with E-state index in [1.807, 2.05) is 0 Å². The monoisotopic (exact) mass is 677 g/mol. The lowest BCUT2D eigenvalue weighted by Crippen LogP contribution is -1.84. The Morgan fingerprint density at radius 2 is 0.167 bits per heavy atom. The fourth-order valence-corrected chi connectivity index (χ4v) is 7.36. The van der Waals surface area contributed by atoms with E-state index in [1.165, 1.54) is 283 Å². The van der Waals surface area contributed by atoms with Crippen LogP contribution in [0.5, 0.6) is 0 Å². The van der Waals surface area contributed by atoms with Crippen molar-refractivity contribution in [1.82, 2.24) is 0 Å². The van der Waals surface area contributed by atoms with Crippen LogP contribution in [0.1, 0.15) is 310 Å². The largest absolute Gasteiger partial charge is 0.0654 e. The Balaban J connectivity index is 0. The molecule has 0 radical (unpaired) electrons. The second kappa shape index (κ2) is 51.4. The minimum atomic E-state index is 1.37. The van der Waals surface area contributed by atoms with Gasteiger partial charge in [-0.2, -0.15) is 0 Å². The van der Waals surface area contributed by atoms with Gasteiger partial charge in [0.25, 0.3) is 0 Å². The van der Waals surface area contributed by atoms with Crippen LogP contribution in [0.2, 0.25) is 0 Å². The minimum Gasteiger partial charge on any atom is -0.0654 e.